The highest BCUT2D eigenvalue weighted by atomic mass is 32.2. The number of piperidine rings is 2. The molecule has 2 N–H and O–H groups in total. The van der Waals surface area contributed by atoms with Crippen LogP contribution in [0.5, 0.6) is 0 Å². The van der Waals surface area contributed by atoms with Gasteiger partial charge in [-0.2, -0.15) is 4.31 Å². The average Bonchev–Trinajstić information content (AvgIpc) is 2.59. The first-order valence-corrected chi connectivity index (χ1v) is 11.7. The average molecular weight is 426 g/mol. The van der Waals surface area contributed by atoms with E-state index in [-0.39, 0.29) is 46.9 Å². The summed E-state index contributed by atoms with van der Waals surface area (Å²) >= 11 is 0. The molecule has 0 saturated carbocycles. The van der Waals surface area contributed by atoms with Gasteiger partial charge in [0.25, 0.3) is 0 Å². The first-order chi connectivity index (χ1) is 13.4. The van der Waals surface area contributed by atoms with Crippen LogP contribution in [-0.4, -0.2) is 48.8 Å². The first-order valence-electron chi connectivity index (χ1n) is 10.2. The van der Waals surface area contributed by atoms with Crippen molar-refractivity contribution < 1.29 is 17.6 Å². The zero-order valence-electron chi connectivity index (χ0n) is 17.7. The number of nitrogens with zero attached hydrogens (tertiary/aromatic N) is 1. The molecule has 0 atom stereocenters. The molecular weight excluding hydrogens is 393 g/mol. The van der Waals surface area contributed by atoms with Crippen molar-refractivity contribution in [3.05, 3.63) is 30.1 Å². The van der Waals surface area contributed by atoms with Crippen LogP contribution >= 0.6 is 0 Å². The van der Waals surface area contributed by atoms with Gasteiger partial charge in [0, 0.05) is 36.1 Å². The molecule has 0 unspecified atom stereocenters. The molecule has 6 nitrogen and oxygen atoms in total. The second kappa shape index (κ2) is 7.96. The van der Waals surface area contributed by atoms with Crippen LogP contribution in [-0.2, 0) is 14.8 Å². The fraction of sp³-hybridized carbons (Fsp3) is 0.667. The van der Waals surface area contributed by atoms with Gasteiger partial charge < -0.3 is 10.6 Å². The predicted octanol–water partition coefficient (Wildman–Crippen LogP) is 2.65. The van der Waals surface area contributed by atoms with Crippen molar-refractivity contribution in [1.82, 2.24) is 14.9 Å². The third-order valence-corrected chi connectivity index (χ3v) is 7.75. The monoisotopic (exact) mass is 425 g/mol. The van der Waals surface area contributed by atoms with Gasteiger partial charge in [-0.3, -0.25) is 4.79 Å². The zero-order chi connectivity index (χ0) is 21.4. The minimum absolute atomic E-state index is 0.00793. The number of carbonyl (C=O) groups excluding carboxylic acids is 1. The maximum atomic E-state index is 14.0. The first kappa shape index (κ1) is 22.2. The summed E-state index contributed by atoms with van der Waals surface area (Å²) in [7, 11) is -3.88. The van der Waals surface area contributed by atoms with E-state index in [1.54, 1.807) is 0 Å². The van der Waals surface area contributed by atoms with Gasteiger partial charge in [-0.25, -0.2) is 12.8 Å². The molecule has 0 radical (unpaired) electrons. The molecule has 2 fully saturated rings. The summed E-state index contributed by atoms with van der Waals surface area (Å²) in [5.74, 6) is -0.974. The summed E-state index contributed by atoms with van der Waals surface area (Å²) in [6.45, 7) is 8.99. The third kappa shape index (κ3) is 5.16. The van der Waals surface area contributed by atoms with Crippen LogP contribution in [0.25, 0.3) is 0 Å². The Kier molecular flexibility index (Phi) is 6.09. The number of halogens is 1. The highest BCUT2D eigenvalue weighted by molar-refractivity contribution is 7.89. The molecule has 0 spiro atoms. The molecule has 2 aliphatic rings. The van der Waals surface area contributed by atoms with Crippen LogP contribution in [0.1, 0.15) is 53.4 Å². The SMILES string of the molecule is CC1(C)CC(NC(=O)C2CCN(S(=O)(=O)c3ccccc3F)CC2)CC(C)(C)N1. The van der Waals surface area contributed by atoms with Crippen molar-refractivity contribution in [3.63, 3.8) is 0 Å². The maximum absolute atomic E-state index is 14.0. The summed E-state index contributed by atoms with van der Waals surface area (Å²) in [4.78, 5) is 12.5. The molecule has 1 amide bonds. The Balaban J connectivity index is 1.59. The zero-order valence-corrected chi connectivity index (χ0v) is 18.5. The molecule has 0 aromatic heterocycles. The highest BCUT2D eigenvalue weighted by Crippen LogP contribution is 2.30. The van der Waals surface area contributed by atoms with Gasteiger partial charge >= 0.3 is 0 Å². The van der Waals surface area contributed by atoms with Crippen molar-refractivity contribution in [1.29, 1.82) is 0 Å². The van der Waals surface area contributed by atoms with E-state index in [4.69, 9.17) is 0 Å². The fourth-order valence-corrected chi connectivity index (χ4v) is 6.43. The van der Waals surface area contributed by atoms with E-state index in [2.05, 4.69) is 38.3 Å². The number of hydrogen-bond acceptors (Lipinski definition) is 4. The molecular formula is C21H32FN3O3S. The lowest BCUT2D eigenvalue weighted by atomic mass is 9.79. The van der Waals surface area contributed by atoms with Crippen LogP contribution in [0.3, 0.4) is 0 Å². The summed E-state index contributed by atoms with van der Waals surface area (Å²) in [5, 5.41) is 6.79. The van der Waals surface area contributed by atoms with Gasteiger partial charge in [-0.1, -0.05) is 12.1 Å². The molecule has 0 aliphatic carbocycles. The quantitative estimate of drug-likeness (QED) is 0.777. The van der Waals surface area contributed by atoms with Crippen LogP contribution in [0.2, 0.25) is 0 Å². The lowest BCUT2D eigenvalue weighted by molar-refractivity contribution is -0.127. The molecule has 8 heteroatoms. The fourth-order valence-electron chi connectivity index (χ4n) is 4.89. The van der Waals surface area contributed by atoms with Crippen LogP contribution in [0, 0.1) is 11.7 Å². The number of carbonyl (C=O) groups is 1. The molecule has 2 saturated heterocycles. The second-order valence-electron chi connectivity index (χ2n) is 9.62. The van der Waals surface area contributed by atoms with Crippen LogP contribution in [0.15, 0.2) is 29.2 Å². The van der Waals surface area contributed by atoms with Crippen molar-refractivity contribution >= 4 is 15.9 Å². The lowest BCUT2D eigenvalue weighted by Crippen LogP contribution is -2.62. The van der Waals surface area contributed by atoms with E-state index in [0.29, 0.717) is 12.8 Å². The predicted molar refractivity (Wildman–Crippen MR) is 110 cm³/mol. The van der Waals surface area contributed by atoms with Gasteiger partial charge in [0.2, 0.25) is 15.9 Å². The number of rotatable bonds is 4. The van der Waals surface area contributed by atoms with Gasteiger partial charge in [0.1, 0.15) is 10.7 Å². The smallest absolute Gasteiger partial charge is 0.245 e. The Labute approximate surface area is 173 Å². The van der Waals surface area contributed by atoms with Gasteiger partial charge in [0.05, 0.1) is 0 Å². The number of benzene rings is 1. The van der Waals surface area contributed by atoms with E-state index in [9.17, 15) is 17.6 Å². The van der Waals surface area contributed by atoms with Crippen molar-refractivity contribution in [2.45, 2.75) is 75.4 Å². The molecule has 1 aromatic rings. The molecule has 3 rings (SSSR count). The summed E-state index contributed by atoms with van der Waals surface area (Å²) < 4.78 is 40.7. The number of nitrogens with one attached hydrogen (secondary N) is 2. The summed E-state index contributed by atoms with van der Waals surface area (Å²) in [6.07, 6.45) is 2.58. The molecule has 2 aliphatic heterocycles. The van der Waals surface area contributed by atoms with Crippen LogP contribution < -0.4 is 10.6 Å². The minimum Gasteiger partial charge on any atom is -0.353 e. The van der Waals surface area contributed by atoms with Crippen molar-refractivity contribution in [2.75, 3.05) is 13.1 Å². The summed E-state index contributed by atoms with van der Waals surface area (Å²) in [6, 6.07) is 5.50. The largest absolute Gasteiger partial charge is 0.353 e. The van der Waals surface area contributed by atoms with Gasteiger partial charge in [-0.05, 0) is 65.5 Å². The maximum Gasteiger partial charge on any atom is 0.245 e. The van der Waals surface area contributed by atoms with Crippen LogP contribution in [0.4, 0.5) is 4.39 Å². The lowest BCUT2D eigenvalue weighted by Gasteiger charge is -2.47. The molecule has 29 heavy (non-hydrogen) atoms. The normalized spacial score (nSPS) is 23.6. The van der Waals surface area contributed by atoms with Gasteiger partial charge in [-0.15, -0.1) is 0 Å². The number of amides is 1. The Morgan fingerprint density at radius 3 is 2.21 bits per heavy atom. The Morgan fingerprint density at radius 2 is 1.66 bits per heavy atom. The van der Waals surface area contributed by atoms with E-state index < -0.39 is 15.8 Å². The Hall–Kier alpha value is -1.51. The number of hydrogen-bond donors (Lipinski definition) is 2. The molecule has 0 bridgehead atoms. The topological polar surface area (TPSA) is 78.5 Å². The molecule has 2 heterocycles. The van der Waals surface area contributed by atoms with E-state index >= 15 is 0 Å². The van der Waals surface area contributed by atoms with E-state index in [1.165, 1.54) is 22.5 Å². The molecule has 1 aromatic carbocycles. The van der Waals surface area contributed by atoms with Gasteiger partial charge in [0.15, 0.2) is 0 Å². The van der Waals surface area contributed by atoms with Crippen molar-refractivity contribution in [3.8, 4) is 0 Å². The Bertz CT molecular complexity index is 846. The van der Waals surface area contributed by atoms with E-state index in [0.717, 1.165) is 18.9 Å². The summed E-state index contributed by atoms with van der Waals surface area (Å²) in [5.41, 5.74) is -0.117. The number of sulfonamides is 1. The molecule has 162 valence electrons. The van der Waals surface area contributed by atoms with Crippen molar-refractivity contribution in [2.24, 2.45) is 5.92 Å². The minimum atomic E-state index is -3.88. The standard InChI is InChI=1S/C21H32FN3O3S/c1-20(2)13-16(14-21(3,4)24-20)23-19(26)15-9-11-25(12-10-15)29(27,28)18-8-6-5-7-17(18)22/h5-8,15-16,24H,9-14H2,1-4H3,(H,23,26). The van der Waals surface area contributed by atoms with E-state index in [1.807, 2.05) is 0 Å². The Morgan fingerprint density at radius 1 is 1.10 bits per heavy atom. The highest BCUT2D eigenvalue weighted by Gasteiger charge is 2.39. The second-order valence-corrected chi connectivity index (χ2v) is 11.5. The third-order valence-electron chi connectivity index (χ3n) is 5.82.